The third kappa shape index (κ3) is 2.65. The van der Waals surface area contributed by atoms with Crippen LogP contribution in [0.4, 0.5) is 5.00 Å². The quantitative estimate of drug-likeness (QED) is 0.703. The lowest BCUT2D eigenvalue weighted by atomic mass is 9.82. The first-order chi connectivity index (χ1) is 12.4. The van der Waals surface area contributed by atoms with Crippen LogP contribution >= 0.6 is 11.3 Å². The molecular weight excluding hydrogens is 352 g/mol. The van der Waals surface area contributed by atoms with Gasteiger partial charge in [0.2, 0.25) is 5.91 Å². The highest BCUT2D eigenvalue weighted by Gasteiger charge is 2.51. The number of carboxylic acid groups (broad SMARTS) is 1. The van der Waals surface area contributed by atoms with Crippen LogP contribution in [0.2, 0.25) is 0 Å². The Kier molecular flexibility index (Phi) is 4.14. The molecule has 1 aromatic heterocycles. The minimum atomic E-state index is -0.934. The van der Waals surface area contributed by atoms with Crippen molar-refractivity contribution in [2.24, 2.45) is 35.3 Å². The summed E-state index contributed by atoms with van der Waals surface area (Å²) in [6.07, 6.45) is 7.23. The molecule has 5 atom stereocenters. The molecule has 6 nitrogen and oxygen atoms in total. The van der Waals surface area contributed by atoms with Crippen LogP contribution in [0.1, 0.15) is 40.6 Å². The monoisotopic (exact) mass is 374 g/mol. The Morgan fingerprint density at radius 2 is 1.92 bits per heavy atom. The van der Waals surface area contributed by atoms with Gasteiger partial charge in [0.15, 0.2) is 0 Å². The van der Waals surface area contributed by atoms with Gasteiger partial charge < -0.3 is 16.2 Å². The molecule has 1 aromatic rings. The number of rotatable bonds is 4. The van der Waals surface area contributed by atoms with Gasteiger partial charge in [0.1, 0.15) is 5.00 Å². The van der Waals surface area contributed by atoms with Gasteiger partial charge in [-0.25, -0.2) is 0 Å². The molecule has 1 fully saturated rings. The number of allylic oxidation sites excluding steroid dienone is 2. The maximum atomic E-state index is 12.9. The minimum Gasteiger partial charge on any atom is -0.481 e. The molecule has 4 N–H and O–H groups in total. The summed E-state index contributed by atoms with van der Waals surface area (Å²) in [7, 11) is 0. The zero-order valence-corrected chi connectivity index (χ0v) is 15.3. The number of amides is 2. The number of carbonyl (C=O) groups is 3. The molecule has 3 aliphatic rings. The molecule has 7 heteroatoms. The lowest BCUT2D eigenvalue weighted by Gasteiger charge is -2.23. The van der Waals surface area contributed by atoms with Crippen molar-refractivity contribution in [2.45, 2.75) is 32.6 Å². The molecule has 0 unspecified atom stereocenters. The van der Waals surface area contributed by atoms with Crippen molar-refractivity contribution in [2.75, 3.05) is 5.32 Å². The molecule has 2 bridgehead atoms. The Morgan fingerprint density at radius 3 is 2.58 bits per heavy atom. The predicted molar refractivity (Wildman–Crippen MR) is 98.0 cm³/mol. The fourth-order valence-electron chi connectivity index (χ4n) is 4.81. The standard InChI is InChI=1S/C19H22N2O4S/c1-8-2-5-11-12(6-8)26-18(15(11)16(20)22)21-17(23)13-9-3-4-10(7-9)14(13)19(24)25/h3-4,8-10,13-14H,2,5-7H2,1H3,(H2,20,22)(H,21,23)(H,24,25)/t8-,9+,10-,13+,14-/m0/s1. The highest BCUT2D eigenvalue weighted by molar-refractivity contribution is 7.17. The maximum absolute atomic E-state index is 12.9. The molecule has 2 amide bonds. The summed E-state index contributed by atoms with van der Waals surface area (Å²) < 4.78 is 0. The summed E-state index contributed by atoms with van der Waals surface area (Å²) >= 11 is 1.41. The first kappa shape index (κ1) is 17.3. The lowest BCUT2D eigenvalue weighted by molar-refractivity contribution is -0.146. The van der Waals surface area contributed by atoms with Gasteiger partial charge in [0.05, 0.1) is 17.4 Å². The smallest absolute Gasteiger partial charge is 0.307 e. The number of fused-ring (bicyclic) bond motifs is 3. The third-order valence-electron chi connectivity index (χ3n) is 6.04. The number of carbonyl (C=O) groups excluding carboxylic acids is 2. The van der Waals surface area contributed by atoms with Crippen molar-refractivity contribution in [1.29, 1.82) is 0 Å². The molecule has 0 saturated heterocycles. The van der Waals surface area contributed by atoms with Crippen LogP contribution in [0.5, 0.6) is 0 Å². The number of hydrogen-bond donors (Lipinski definition) is 3. The average molecular weight is 374 g/mol. The molecule has 0 aromatic carbocycles. The van der Waals surface area contributed by atoms with Crippen molar-refractivity contribution < 1.29 is 19.5 Å². The van der Waals surface area contributed by atoms with Crippen LogP contribution < -0.4 is 11.1 Å². The van der Waals surface area contributed by atoms with E-state index in [9.17, 15) is 19.5 Å². The Labute approximate surface area is 155 Å². The van der Waals surface area contributed by atoms with E-state index in [0.717, 1.165) is 29.7 Å². The fraction of sp³-hybridized carbons (Fsp3) is 0.526. The summed E-state index contributed by atoms with van der Waals surface area (Å²) in [5.41, 5.74) is 6.96. The van der Waals surface area contributed by atoms with E-state index in [1.807, 2.05) is 12.2 Å². The number of carboxylic acids is 1. The van der Waals surface area contributed by atoms with Crippen LogP contribution in [-0.2, 0) is 22.4 Å². The topological polar surface area (TPSA) is 109 Å². The highest BCUT2D eigenvalue weighted by Crippen LogP contribution is 2.49. The molecule has 0 spiro atoms. The first-order valence-electron chi connectivity index (χ1n) is 9.03. The van der Waals surface area contributed by atoms with Crippen molar-refractivity contribution in [3.63, 3.8) is 0 Å². The number of nitrogens with one attached hydrogen (secondary N) is 1. The second-order valence-corrected chi connectivity index (χ2v) is 8.85. The van der Waals surface area contributed by atoms with E-state index >= 15 is 0 Å². The summed E-state index contributed by atoms with van der Waals surface area (Å²) in [6.45, 7) is 2.17. The van der Waals surface area contributed by atoms with Gasteiger partial charge in [0.25, 0.3) is 5.91 Å². The fourth-order valence-corrected chi connectivity index (χ4v) is 6.23. The van der Waals surface area contributed by atoms with Crippen LogP contribution in [0.3, 0.4) is 0 Å². The Bertz CT molecular complexity index is 828. The lowest BCUT2D eigenvalue weighted by Crippen LogP contribution is -2.36. The van der Waals surface area contributed by atoms with Gasteiger partial charge in [-0.3, -0.25) is 14.4 Å². The van der Waals surface area contributed by atoms with E-state index in [-0.39, 0.29) is 17.7 Å². The summed E-state index contributed by atoms with van der Waals surface area (Å²) in [5.74, 6) is -2.67. The number of primary amides is 1. The molecule has 4 rings (SSSR count). The molecule has 138 valence electrons. The zero-order valence-electron chi connectivity index (χ0n) is 14.5. The number of nitrogens with two attached hydrogens (primary N) is 1. The first-order valence-corrected chi connectivity index (χ1v) is 9.84. The summed E-state index contributed by atoms with van der Waals surface area (Å²) in [5, 5.41) is 12.9. The van der Waals surface area contributed by atoms with E-state index < -0.39 is 23.7 Å². The van der Waals surface area contributed by atoms with E-state index in [1.54, 1.807) is 0 Å². The van der Waals surface area contributed by atoms with Gasteiger partial charge in [-0.15, -0.1) is 11.3 Å². The van der Waals surface area contributed by atoms with E-state index in [0.29, 0.717) is 22.9 Å². The molecule has 0 aliphatic heterocycles. The van der Waals surface area contributed by atoms with Crippen LogP contribution in [0.15, 0.2) is 12.2 Å². The van der Waals surface area contributed by atoms with Gasteiger partial charge in [-0.1, -0.05) is 19.1 Å². The van der Waals surface area contributed by atoms with Crippen LogP contribution in [0.25, 0.3) is 0 Å². The van der Waals surface area contributed by atoms with Crippen LogP contribution in [0, 0.1) is 29.6 Å². The number of hydrogen-bond acceptors (Lipinski definition) is 4. The number of thiophene rings is 1. The predicted octanol–water partition coefficient (Wildman–Crippen LogP) is 2.43. The number of aliphatic carboxylic acids is 1. The molecule has 26 heavy (non-hydrogen) atoms. The Hall–Kier alpha value is -2.15. The van der Waals surface area contributed by atoms with E-state index in [4.69, 9.17) is 5.73 Å². The second-order valence-electron chi connectivity index (χ2n) is 7.75. The van der Waals surface area contributed by atoms with Gasteiger partial charge >= 0.3 is 5.97 Å². The maximum Gasteiger partial charge on any atom is 0.307 e. The van der Waals surface area contributed by atoms with Gasteiger partial charge in [-0.2, -0.15) is 0 Å². The molecule has 1 heterocycles. The third-order valence-corrected chi connectivity index (χ3v) is 7.21. The average Bonchev–Trinajstić information content (AvgIpc) is 3.25. The normalized spacial score (nSPS) is 31.7. The van der Waals surface area contributed by atoms with Crippen molar-refractivity contribution in [3.05, 3.63) is 28.2 Å². The largest absolute Gasteiger partial charge is 0.481 e. The number of anilines is 1. The minimum absolute atomic E-state index is 0.0484. The highest BCUT2D eigenvalue weighted by atomic mass is 32.1. The SMILES string of the molecule is C[C@H]1CCc2c(sc(NC(=O)[C@H]3[C@@H](C(=O)O)[C@H]4C=C[C@@H]3C4)c2C(N)=O)C1. The molecule has 3 aliphatic carbocycles. The zero-order chi connectivity index (χ0) is 18.6. The summed E-state index contributed by atoms with van der Waals surface area (Å²) in [4.78, 5) is 37.7. The molecule has 0 radical (unpaired) electrons. The molecule has 1 saturated carbocycles. The van der Waals surface area contributed by atoms with Gasteiger partial charge in [0, 0.05) is 4.88 Å². The Balaban J connectivity index is 1.63. The van der Waals surface area contributed by atoms with Crippen molar-refractivity contribution >= 4 is 34.1 Å². The van der Waals surface area contributed by atoms with Crippen LogP contribution in [-0.4, -0.2) is 22.9 Å². The van der Waals surface area contributed by atoms with E-state index in [2.05, 4.69) is 12.2 Å². The van der Waals surface area contributed by atoms with Gasteiger partial charge in [-0.05, 0) is 49.0 Å². The van der Waals surface area contributed by atoms with Crippen molar-refractivity contribution in [3.8, 4) is 0 Å². The second kappa shape index (κ2) is 6.23. The molecular formula is C19H22N2O4S. The summed E-state index contributed by atoms with van der Waals surface area (Å²) in [6, 6.07) is 0. The Morgan fingerprint density at radius 1 is 1.23 bits per heavy atom. The van der Waals surface area contributed by atoms with Crippen molar-refractivity contribution in [1.82, 2.24) is 0 Å². The van der Waals surface area contributed by atoms with E-state index in [1.165, 1.54) is 11.3 Å².